The van der Waals surface area contributed by atoms with Crippen LogP contribution in [0.15, 0.2) is 36.4 Å². The molecule has 1 aliphatic heterocycles. The first-order valence-corrected chi connectivity index (χ1v) is 9.91. The van der Waals surface area contributed by atoms with E-state index in [1.165, 1.54) is 11.1 Å². The average Bonchev–Trinajstić information content (AvgIpc) is 2.67. The Balaban J connectivity index is 1.49. The van der Waals surface area contributed by atoms with Crippen LogP contribution in [0, 0.1) is 20.8 Å². The number of ether oxygens (including phenoxy) is 1. The monoisotopic (exact) mass is 381 g/mol. The van der Waals surface area contributed by atoms with E-state index in [-0.39, 0.29) is 12.5 Å². The van der Waals surface area contributed by atoms with E-state index in [0.717, 1.165) is 55.3 Å². The van der Waals surface area contributed by atoms with Crippen LogP contribution in [0.3, 0.4) is 0 Å². The third-order valence-corrected chi connectivity index (χ3v) is 5.36. The predicted octanol–water partition coefficient (Wildman–Crippen LogP) is 3.38. The molecule has 5 nitrogen and oxygen atoms in total. The van der Waals surface area contributed by atoms with Crippen LogP contribution in [-0.4, -0.2) is 55.5 Å². The van der Waals surface area contributed by atoms with Crippen molar-refractivity contribution in [2.24, 2.45) is 0 Å². The van der Waals surface area contributed by atoms with E-state index in [9.17, 15) is 4.79 Å². The second kappa shape index (κ2) is 9.22. The van der Waals surface area contributed by atoms with Gasteiger partial charge in [-0.25, -0.2) is 0 Å². The van der Waals surface area contributed by atoms with E-state index in [2.05, 4.69) is 47.3 Å². The largest absolute Gasteiger partial charge is 0.483 e. The Labute approximate surface area is 168 Å². The summed E-state index contributed by atoms with van der Waals surface area (Å²) in [6.45, 7) is 11.5. The maximum atomic E-state index is 12.3. The fraction of sp³-hybridized carbons (Fsp3) is 0.435. The number of piperazine rings is 1. The van der Waals surface area contributed by atoms with Crippen molar-refractivity contribution < 1.29 is 9.53 Å². The highest BCUT2D eigenvalue weighted by molar-refractivity contribution is 5.91. The number of anilines is 1. The number of hydrogen-bond acceptors (Lipinski definition) is 4. The summed E-state index contributed by atoms with van der Waals surface area (Å²) in [6, 6.07) is 12.2. The van der Waals surface area contributed by atoms with Crippen molar-refractivity contribution in [3.63, 3.8) is 0 Å². The van der Waals surface area contributed by atoms with Gasteiger partial charge in [0.25, 0.3) is 5.91 Å². The molecule has 1 heterocycles. The second-order valence-corrected chi connectivity index (χ2v) is 7.82. The zero-order valence-corrected chi connectivity index (χ0v) is 17.4. The summed E-state index contributed by atoms with van der Waals surface area (Å²) in [5.74, 6) is 0.626. The van der Waals surface area contributed by atoms with Gasteiger partial charge in [0.05, 0.1) is 0 Å². The molecule has 1 saturated heterocycles. The lowest BCUT2D eigenvalue weighted by Gasteiger charge is -2.32. The molecule has 0 bridgehead atoms. The molecule has 2 aromatic carbocycles. The fourth-order valence-corrected chi connectivity index (χ4v) is 3.45. The molecule has 0 atom stereocenters. The minimum Gasteiger partial charge on any atom is -0.483 e. The second-order valence-electron chi connectivity index (χ2n) is 7.82. The van der Waals surface area contributed by atoms with Gasteiger partial charge in [-0.3, -0.25) is 9.69 Å². The van der Waals surface area contributed by atoms with Gasteiger partial charge in [-0.05, 0) is 68.3 Å². The molecular formula is C23H31N3O2. The van der Waals surface area contributed by atoms with Crippen molar-refractivity contribution in [2.45, 2.75) is 27.3 Å². The van der Waals surface area contributed by atoms with Crippen molar-refractivity contribution in [3.05, 3.63) is 58.7 Å². The molecular weight excluding hydrogens is 350 g/mol. The van der Waals surface area contributed by atoms with Gasteiger partial charge in [0, 0.05) is 38.4 Å². The highest BCUT2D eigenvalue weighted by atomic mass is 16.5. The molecule has 1 fully saturated rings. The topological polar surface area (TPSA) is 44.8 Å². The highest BCUT2D eigenvalue weighted by Gasteiger charge is 2.14. The van der Waals surface area contributed by atoms with Crippen LogP contribution in [0.2, 0.25) is 0 Å². The quantitative estimate of drug-likeness (QED) is 0.833. The van der Waals surface area contributed by atoms with Crippen LogP contribution in [0.25, 0.3) is 0 Å². The molecule has 0 aliphatic carbocycles. The van der Waals surface area contributed by atoms with E-state index in [4.69, 9.17) is 4.74 Å². The van der Waals surface area contributed by atoms with E-state index in [1.807, 2.05) is 32.0 Å². The molecule has 0 unspecified atom stereocenters. The standard InChI is InChI=1S/C23H31N3O2/c1-17-13-18(2)19(3)22(14-17)28-16-23(27)24-21-7-5-20(6-8-21)15-26-11-9-25(4)10-12-26/h5-8,13-14H,9-12,15-16H2,1-4H3,(H,24,27). The van der Waals surface area contributed by atoms with Gasteiger partial charge in [-0.15, -0.1) is 0 Å². The number of amides is 1. The Hall–Kier alpha value is -2.37. The Morgan fingerprint density at radius 1 is 1.04 bits per heavy atom. The highest BCUT2D eigenvalue weighted by Crippen LogP contribution is 2.23. The van der Waals surface area contributed by atoms with Gasteiger partial charge in [0.2, 0.25) is 0 Å². The van der Waals surface area contributed by atoms with Crippen molar-refractivity contribution in [1.29, 1.82) is 0 Å². The Morgan fingerprint density at radius 3 is 2.39 bits per heavy atom. The molecule has 3 rings (SSSR count). The number of carbonyl (C=O) groups is 1. The zero-order valence-electron chi connectivity index (χ0n) is 17.4. The molecule has 28 heavy (non-hydrogen) atoms. The number of benzene rings is 2. The predicted molar refractivity (Wildman–Crippen MR) is 114 cm³/mol. The number of carbonyl (C=O) groups excluding carboxylic acids is 1. The SMILES string of the molecule is Cc1cc(C)c(C)c(OCC(=O)Nc2ccc(CN3CCN(C)CC3)cc2)c1. The number of nitrogens with one attached hydrogen (secondary N) is 1. The molecule has 0 aromatic heterocycles. The van der Waals surface area contributed by atoms with Crippen molar-refractivity contribution in [1.82, 2.24) is 9.80 Å². The summed E-state index contributed by atoms with van der Waals surface area (Å²) in [5.41, 5.74) is 5.45. The molecule has 1 aliphatic rings. The number of likely N-dealkylation sites (N-methyl/N-ethyl adjacent to an activating group) is 1. The smallest absolute Gasteiger partial charge is 0.262 e. The first kappa shape index (κ1) is 20.4. The molecule has 1 amide bonds. The van der Waals surface area contributed by atoms with E-state index >= 15 is 0 Å². The Bertz CT molecular complexity index is 809. The molecule has 2 aromatic rings. The first-order valence-electron chi connectivity index (χ1n) is 9.91. The summed E-state index contributed by atoms with van der Waals surface area (Å²) in [6.07, 6.45) is 0. The number of hydrogen-bond donors (Lipinski definition) is 1. The fourth-order valence-electron chi connectivity index (χ4n) is 3.45. The summed E-state index contributed by atoms with van der Waals surface area (Å²) in [5, 5.41) is 2.91. The number of nitrogens with zero attached hydrogens (tertiary/aromatic N) is 2. The van der Waals surface area contributed by atoms with Crippen LogP contribution < -0.4 is 10.1 Å². The first-order chi connectivity index (χ1) is 13.4. The Kier molecular flexibility index (Phi) is 6.70. The average molecular weight is 382 g/mol. The van der Waals surface area contributed by atoms with E-state index < -0.39 is 0 Å². The van der Waals surface area contributed by atoms with Crippen molar-refractivity contribution >= 4 is 11.6 Å². The summed E-state index contributed by atoms with van der Waals surface area (Å²) >= 11 is 0. The van der Waals surface area contributed by atoms with Crippen LogP contribution in [0.4, 0.5) is 5.69 Å². The minimum absolute atomic E-state index is 0.00673. The normalized spacial score (nSPS) is 15.4. The lowest BCUT2D eigenvalue weighted by Crippen LogP contribution is -2.43. The van der Waals surface area contributed by atoms with Gasteiger partial charge < -0.3 is 15.0 Å². The number of rotatable bonds is 6. The third-order valence-electron chi connectivity index (χ3n) is 5.36. The lowest BCUT2D eigenvalue weighted by molar-refractivity contribution is -0.118. The van der Waals surface area contributed by atoms with E-state index in [0.29, 0.717) is 0 Å². The molecule has 1 N–H and O–H groups in total. The van der Waals surface area contributed by atoms with Gasteiger partial charge in [-0.2, -0.15) is 0 Å². The van der Waals surface area contributed by atoms with Crippen molar-refractivity contribution in [3.8, 4) is 5.75 Å². The summed E-state index contributed by atoms with van der Waals surface area (Å²) in [7, 11) is 2.17. The van der Waals surface area contributed by atoms with Gasteiger partial charge in [-0.1, -0.05) is 18.2 Å². The molecule has 0 radical (unpaired) electrons. The van der Waals surface area contributed by atoms with Crippen LogP contribution in [-0.2, 0) is 11.3 Å². The van der Waals surface area contributed by atoms with Crippen LogP contribution in [0.1, 0.15) is 22.3 Å². The van der Waals surface area contributed by atoms with Crippen LogP contribution in [0.5, 0.6) is 5.75 Å². The maximum Gasteiger partial charge on any atom is 0.262 e. The van der Waals surface area contributed by atoms with Gasteiger partial charge in [0.1, 0.15) is 5.75 Å². The number of aryl methyl sites for hydroxylation is 2. The molecule has 150 valence electrons. The van der Waals surface area contributed by atoms with Crippen LogP contribution >= 0.6 is 0 Å². The van der Waals surface area contributed by atoms with Crippen molar-refractivity contribution in [2.75, 3.05) is 45.2 Å². The van der Waals surface area contributed by atoms with Gasteiger partial charge in [0.15, 0.2) is 6.61 Å². The van der Waals surface area contributed by atoms with Gasteiger partial charge >= 0.3 is 0 Å². The Morgan fingerprint density at radius 2 is 1.71 bits per heavy atom. The zero-order chi connectivity index (χ0) is 20.1. The molecule has 5 heteroatoms. The summed E-state index contributed by atoms with van der Waals surface area (Å²) in [4.78, 5) is 17.1. The lowest BCUT2D eigenvalue weighted by atomic mass is 10.1. The maximum absolute atomic E-state index is 12.3. The van der Waals surface area contributed by atoms with E-state index in [1.54, 1.807) is 0 Å². The molecule has 0 spiro atoms. The minimum atomic E-state index is -0.148. The molecule has 0 saturated carbocycles. The third kappa shape index (κ3) is 5.57. The summed E-state index contributed by atoms with van der Waals surface area (Å²) < 4.78 is 5.74.